The van der Waals surface area contributed by atoms with E-state index in [0.717, 1.165) is 18.5 Å². The van der Waals surface area contributed by atoms with E-state index >= 15 is 0 Å². The monoisotopic (exact) mass is 292 g/mol. The maximum Gasteiger partial charge on any atom is 0.246 e. The average Bonchev–Trinajstić information content (AvgIpc) is 2.89. The van der Waals surface area contributed by atoms with Crippen molar-refractivity contribution in [3.63, 3.8) is 0 Å². The van der Waals surface area contributed by atoms with Crippen LogP contribution in [0.5, 0.6) is 0 Å². The summed E-state index contributed by atoms with van der Waals surface area (Å²) < 4.78 is 1.82. The predicted molar refractivity (Wildman–Crippen MR) is 79.4 cm³/mol. The molecule has 0 bridgehead atoms. The molecule has 0 saturated carbocycles. The Bertz CT molecular complexity index is 536. The van der Waals surface area contributed by atoms with Gasteiger partial charge in [0.25, 0.3) is 0 Å². The number of hydrogen-bond donors (Lipinski definition) is 1. The molecular formula is C15H24N4O2. The molecule has 1 aromatic rings. The van der Waals surface area contributed by atoms with E-state index in [1.807, 2.05) is 24.7 Å². The Morgan fingerprint density at radius 2 is 2.05 bits per heavy atom. The zero-order valence-electron chi connectivity index (χ0n) is 13.2. The van der Waals surface area contributed by atoms with Crippen LogP contribution in [-0.2, 0) is 22.7 Å². The fourth-order valence-electron chi connectivity index (χ4n) is 2.59. The molecule has 6 nitrogen and oxygen atoms in total. The fraction of sp³-hybridized carbons (Fsp3) is 0.667. The van der Waals surface area contributed by atoms with Crippen LogP contribution in [0.2, 0.25) is 0 Å². The van der Waals surface area contributed by atoms with Crippen LogP contribution in [0.4, 0.5) is 0 Å². The Morgan fingerprint density at radius 3 is 2.62 bits per heavy atom. The van der Waals surface area contributed by atoms with Gasteiger partial charge < -0.3 is 10.2 Å². The van der Waals surface area contributed by atoms with Gasteiger partial charge in [-0.25, -0.2) is 0 Å². The molecule has 1 fully saturated rings. The van der Waals surface area contributed by atoms with Crippen molar-refractivity contribution in [1.82, 2.24) is 20.0 Å². The molecule has 6 heteroatoms. The lowest BCUT2D eigenvalue weighted by molar-refractivity contribution is -0.156. The molecule has 21 heavy (non-hydrogen) atoms. The predicted octanol–water partition coefficient (Wildman–Crippen LogP) is 1.31. The van der Waals surface area contributed by atoms with E-state index in [1.165, 1.54) is 0 Å². The molecule has 0 spiro atoms. The summed E-state index contributed by atoms with van der Waals surface area (Å²) in [6.45, 7) is 8.79. The van der Waals surface area contributed by atoms with Gasteiger partial charge in [0.05, 0.1) is 6.20 Å². The van der Waals surface area contributed by atoms with Gasteiger partial charge in [-0.15, -0.1) is 0 Å². The second kappa shape index (κ2) is 5.87. The summed E-state index contributed by atoms with van der Waals surface area (Å²) in [4.78, 5) is 26.6. The first-order valence-electron chi connectivity index (χ1n) is 7.54. The molecule has 2 amide bonds. The highest BCUT2D eigenvalue weighted by Crippen LogP contribution is 2.24. The summed E-state index contributed by atoms with van der Waals surface area (Å²) in [7, 11) is 0. The fourth-order valence-corrected chi connectivity index (χ4v) is 2.59. The molecule has 1 N–H and O–H groups in total. The van der Waals surface area contributed by atoms with Crippen LogP contribution in [0.1, 0.15) is 46.1 Å². The van der Waals surface area contributed by atoms with E-state index in [0.29, 0.717) is 13.0 Å². The van der Waals surface area contributed by atoms with Crippen LogP contribution in [0, 0.1) is 0 Å². The molecule has 116 valence electrons. The standard InChI is InChI=1S/C15H24N4O2/c1-5-7-12-13(20)19(15(3,4)14(21)17-12)10-11-8-16-18(6-2)9-11/h8-9,12H,5-7,10H2,1-4H3,(H,17,21). The highest BCUT2D eigenvalue weighted by Gasteiger charge is 2.45. The summed E-state index contributed by atoms with van der Waals surface area (Å²) in [6, 6.07) is -0.406. The van der Waals surface area contributed by atoms with Gasteiger partial charge in [0.1, 0.15) is 11.6 Å². The van der Waals surface area contributed by atoms with Gasteiger partial charge in [-0.3, -0.25) is 14.3 Å². The topological polar surface area (TPSA) is 67.2 Å². The zero-order chi connectivity index (χ0) is 15.6. The van der Waals surface area contributed by atoms with Crippen molar-refractivity contribution in [1.29, 1.82) is 0 Å². The largest absolute Gasteiger partial charge is 0.342 e. The average molecular weight is 292 g/mol. The molecule has 0 aromatic carbocycles. The van der Waals surface area contributed by atoms with Gasteiger partial charge >= 0.3 is 0 Å². The Labute approximate surface area is 125 Å². The van der Waals surface area contributed by atoms with Crippen molar-refractivity contribution in [2.75, 3.05) is 0 Å². The highest BCUT2D eigenvalue weighted by atomic mass is 16.2. The summed E-state index contributed by atoms with van der Waals surface area (Å²) in [5.41, 5.74) is 0.110. The van der Waals surface area contributed by atoms with Crippen LogP contribution in [0.15, 0.2) is 12.4 Å². The van der Waals surface area contributed by atoms with E-state index in [1.54, 1.807) is 24.9 Å². The minimum atomic E-state index is -0.838. The van der Waals surface area contributed by atoms with Crippen molar-refractivity contribution in [2.24, 2.45) is 0 Å². The Balaban J connectivity index is 2.23. The van der Waals surface area contributed by atoms with Crippen molar-refractivity contribution < 1.29 is 9.59 Å². The molecule has 1 aromatic heterocycles. The molecule has 1 unspecified atom stereocenters. The van der Waals surface area contributed by atoms with Gasteiger partial charge in [-0.2, -0.15) is 5.10 Å². The summed E-state index contributed by atoms with van der Waals surface area (Å²) >= 11 is 0. The molecule has 1 atom stereocenters. The Hall–Kier alpha value is -1.85. The van der Waals surface area contributed by atoms with E-state index in [4.69, 9.17) is 0 Å². The minimum absolute atomic E-state index is 0.00861. The number of aryl methyl sites for hydroxylation is 1. The first kappa shape index (κ1) is 15.5. The maximum absolute atomic E-state index is 12.6. The van der Waals surface area contributed by atoms with Crippen LogP contribution in [-0.4, -0.2) is 38.1 Å². The number of rotatable bonds is 5. The van der Waals surface area contributed by atoms with E-state index < -0.39 is 11.6 Å². The van der Waals surface area contributed by atoms with Crippen molar-refractivity contribution >= 4 is 11.8 Å². The number of nitrogens with zero attached hydrogens (tertiary/aromatic N) is 3. The number of carbonyl (C=O) groups is 2. The van der Waals surface area contributed by atoms with Crippen LogP contribution < -0.4 is 5.32 Å². The number of carbonyl (C=O) groups excluding carboxylic acids is 2. The second-order valence-electron chi connectivity index (χ2n) is 6.00. The number of aromatic nitrogens is 2. The van der Waals surface area contributed by atoms with Crippen molar-refractivity contribution in [3.05, 3.63) is 18.0 Å². The molecular weight excluding hydrogens is 268 g/mol. The number of hydrogen-bond acceptors (Lipinski definition) is 3. The lowest BCUT2D eigenvalue weighted by atomic mass is 9.93. The third-order valence-corrected chi connectivity index (χ3v) is 4.03. The lowest BCUT2D eigenvalue weighted by Crippen LogP contribution is -2.67. The molecule has 1 saturated heterocycles. The van der Waals surface area contributed by atoms with E-state index in [-0.39, 0.29) is 11.8 Å². The van der Waals surface area contributed by atoms with Crippen molar-refractivity contribution in [3.8, 4) is 0 Å². The first-order chi connectivity index (χ1) is 9.90. The molecule has 0 radical (unpaired) electrons. The quantitative estimate of drug-likeness (QED) is 0.889. The Morgan fingerprint density at radius 1 is 1.33 bits per heavy atom. The third kappa shape index (κ3) is 2.94. The third-order valence-electron chi connectivity index (χ3n) is 4.03. The van der Waals surface area contributed by atoms with Gasteiger partial charge in [0, 0.05) is 24.8 Å². The molecule has 2 heterocycles. The summed E-state index contributed by atoms with van der Waals surface area (Å²) in [6.07, 6.45) is 5.21. The molecule has 2 rings (SSSR count). The second-order valence-corrected chi connectivity index (χ2v) is 6.00. The molecule has 1 aliphatic heterocycles. The summed E-state index contributed by atoms with van der Waals surface area (Å²) in [5, 5.41) is 7.06. The van der Waals surface area contributed by atoms with Crippen LogP contribution in [0.25, 0.3) is 0 Å². The summed E-state index contributed by atoms with van der Waals surface area (Å²) in [5.74, 6) is -0.103. The SMILES string of the molecule is CCCC1NC(=O)C(C)(C)N(Cc2cnn(CC)c2)C1=O. The van der Waals surface area contributed by atoms with Gasteiger partial charge in [0.15, 0.2) is 0 Å². The van der Waals surface area contributed by atoms with Crippen LogP contribution >= 0.6 is 0 Å². The zero-order valence-corrected chi connectivity index (χ0v) is 13.2. The first-order valence-corrected chi connectivity index (χ1v) is 7.54. The highest BCUT2D eigenvalue weighted by molar-refractivity contribution is 5.99. The lowest BCUT2D eigenvalue weighted by Gasteiger charge is -2.44. The van der Waals surface area contributed by atoms with Gasteiger partial charge in [0.2, 0.25) is 11.8 Å². The number of piperazine rings is 1. The molecule has 0 aliphatic carbocycles. The molecule has 1 aliphatic rings. The van der Waals surface area contributed by atoms with Crippen molar-refractivity contribution in [2.45, 2.75) is 65.2 Å². The normalized spacial score (nSPS) is 21.5. The van der Waals surface area contributed by atoms with Crippen LogP contribution in [0.3, 0.4) is 0 Å². The minimum Gasteiger partial charge on any atom is -0.342 e. The number of amides is 2. The number of nitrogens with one attached hydrogen (secondary N) is 1. The van der Waals surface area contributed by atoms with E-state index in [2.05, 4.69) is 10.4 Å². The smallest absolute Gasteiger partial charge is 0.246 e. The maximum atomic E-state index is 12.6. The van der Waals surface area contributed by atoms with Gasteiger partial charge in [-0.1, -0.05) is 13.3 Å². The van der Waals surface area contributed by atoms with E-state index in [9.17, 15) is 9.59 Å². The Kier molecular flexibility index (Phi) is 4.34. The van der Waals surface area contributed by atoms with Gasteiger partial charge in [-0.05, 0) is 27.2 Å².